The van der Waals surface area contributed by atoms with E-state index in [4.69, 9.17) is 14.2 Å². The minimum atomic E-state index is -0.714. The fourth-order valence-corrected chi connectivity index (χ4v) is 4.08. The predicted octanol–water partition coefficient (Wildman–Crippen LogP) is 3.23. The SMILES string of the molecule is CCCOc1ccc([C@@H]2/C(=C(\O)c3ccc4c(c3)OCCO4)C(=O)C(=O)N2CCN(C)C)cc1. The van der Waals surface area contributed by atoms with Gasteiger partial charge in [-0.2, -0.15) is 0 Å². The van der Waals surface area contributed by atoms with Crippen molar-refractivity contribution in [2.45, 2.75) is 19.4 Å². The molecule has 4 rings (SSSR count). The number of Topliss-reactive ketones (excluding diaryl/α,β-unsaturated/α-hetero) is 1. The lowest BCUT2D eigenvalue weighted by Crippen LogP contribution is -2.35. The van der Waals surface area contributed by atoms with Crippen LogP contribution in [0.4, 0.5) is 0 Å². The molecule has 180 valence electrons. The highest BCUT2D eigenvalue weighted by Crippen LogP contribution is 2.41. The van der Waals surface area contributed by atoms with Crippen molar-refractivity contribution < 1.29 is 28.9 Å². The van der Waals surface area contributed by atoms with Gasteiger partial charge >= 0.3 is 0 Å². The van der Waals surface area contributed by atoms with E-state index in [1.165, 1.54) is 4.90 Å². The molecule has 1 atom stereocenters. The van der Waals surface area contributed by atoms with Gasteiger partial charge in [0.2, 0.25) is 0 Å². The van der Waals surface area contributed by atoms with Crippen molar-refractivity contribution in [2.75, 3.05) is 47.0 Å². The molecule has 1 N–H and O–H groups in total. The Bertz CT molecular complexity index is 1090. The highest BCUT2D eigenvalue weighted by molar-refractivity contribution is 6.46. The molecule has 2 aromatic carbocycles. The predicted molar refractivity (Wildman–Crippen MR) is 127 cm³/mol. The molecule has 8 nitrogen and oxygen atoms in total. The lowest BCUT2D eigenvalue weighted by atomic mass is 9.95. The van der Waals surface area contributed by atoms with Gasteiger partial charge in [-0.3, -0.25) is 9.59 Å². The van der Waals surface area contributed by atoms with Crippen LogP contribution in [0.2, 0.25) is 0 Å². The van der Waals surface area contributed by atoms with E-state index >= 15 is 0 Å². The lowest BCUT2D eigenvalue weighted by molar-refractivity contribution is -0.140. The number of nitrogens with zero attached hydrogens (tertiary/aromatic N) is 2. The molecule has 34 heavy (non-hydrogen) atoms. The zero-order valence-corrected chi connectivity index (χ0v) is 19.7. The number of ether oxygens (including phenoxy) is 3. The van der Waals surface area contributed by atoms with Gasteiger partial charge in [-0.05, 0) is 56.4 Å². The van der Waals surface area contributed by atoms with Crippen LogP contribution < -0.4 is 14.2 Å². The Labute approximate surface area is 199 Å². The number of carbonyl (C=O) groups excluding carboxylic acids is 2. The second kappa shape index (κ2) is 10.2. The molecule has 2 aliphatic heterocycles. The first-order valence-electron chi connectivity index (χ1n) is 11.5. The van der Waals surface area contributed by atoms with E-state index < -0.39 is 17.7 Å². The van der Waals surface area contributed by atoms with Crippen molar-refractivity contribution in [3.63, 3.8) is 0 Å². The van der Waals surface area contributed by atoms with Gasteiger partial charge in [0, 0.05) is 18.7 Å². The lowest BCUT2D eigenvalue weighted by Gasteiger charge is -2.27. The Morgan fingerprint density at radius 3 is 2.47 bits per heavy atom. The van der Waals surface area contributed by atoms with Crippen molar-refractivity contribution in [1.29, 1.82) is 0 Å². The number of amides is 1. The summed E-state index contributed by atoms with van der Waals surface area (Å²) in [5, 5.41) is 11.3. The maximum absolute atomic E-state index is 13.2. The summed E-state index contributed by atoms with van der Waals surface area (Å²) in [5.74, 6) is 0.209. The third-order valence-corrected chi connectivity index (χ3v) is 5.81. The fourth-order valence-electron chi connectivity index (χ4n) is 4.08. The number of fused-ring (bicyclic) bond motifs is 1. The average Bonchev–Trinajstić information content (AvgIpc) is 3.10. The van der Waals surface area contributed by atoms with E-state index in [1.807, 2.05) is 50.2 Å². The summed E-state index contributed by atoms with van der Waals surface area (Å²) >= 11 is 0. The van der Waals surface area contributed by atoms with Gasteiger partial charge < -0.3 is 29.1 Å². The van der Waals surface area contributed by atoms with Crippen molar-refractivity contribution in [1.82, 2.24) is 9.80 Å². The topological polar surface area (TPSA) is 88.5 Å². The largest absolute Gasteiger partial charge is 0.507 e. The molecule has 2 aromatic rings. The van der Waals surface area contributed by atoms with Crippen LogP contribution in [-0.4, -0.2) is 73.6 Å². The van der Waals surface area contributed by atoms with Crippen LogP contribution in [0.5, 0.6) is 17.2 Å². The van der Waals surface area contributed by atoms with Gasteiger partial charge in [0.1, 0.15) is 24.7 Å². The summed E-state index contributed by atoms with van der Waals surface area (Å²) in [6.07, 6.45) is 0.891. The van der Waals surface area contributed by atoms with Crippen LogP contribution in [0.15, 0.2) is 48.0 Å². The fraction of sp³-hybridized carbons (Fsp3) is 0.385. The number of hydrogen-bond acceptors (Lipinski definition) is 7. The standard InChI is InChI=1S/C26H30N2O6/c1-4-13-32-19-8-5-17(6-9-19)23-22(25(30)26(31)28(23)12-11-27(2)3)24(29)18-7-10-20-21(16-18)34-15-14-33-20/h5-10,16,23,29H,4,11-15H2,1-3H3/b24-22+/t23-/m1/s1. The van der Waals surface area contributed by atoms with E-state index in [2.05, 4.69) is 0 Å². The Balaban J connectivity index is 1.76. The minimum absolute atomic E-state index is 0.0580. The first-order valence-corrected chi connectivity index (χ1v) is 11.5. The Morgan fingerprint density at radius 2 is 1.79 bits per heavy atom. The second-order valence-corrected chi connectivity index (χ2v) is 8.57. The number of aliphatic hydroxyl groups is 1. The average molecular weight is 467 g/mol. The number of ketones is 1. The van der Waals surface area contributed by atoms with Crippen molar-refractivity contribution in [3.8, 4) is 17.2 Å². The van der Waals surface area contributed by atoms with E-state index in [1.54, 1.807) is 18.2 Å². The minimum Gasteiger partial charge on any atom is -0.507 e. The molecular formula is C26H30N2O6. The summed E-state index contributed by atoms with van der Waals surface area (Å²) in [5.41, 5.74) is 1.17. The van der Waals surface area contributed by atoms with Gasteiger partial charge in [-0.15, -0.1) is 0 Å². The quantitative estimate of drug-likeness (QED) is 0.363. The van der Waals surface area contributed by atoms with Crippen LogP contribution in [0.1, 0.15) is 30.5 Å². The number of rotatable bonds is 8. The first-order chi connectivity index (χ1) is 16.4. The number of likely N-dealkylation sites (tertiary alicyclic amines) is 1. The van der Waals surface area contributed by atoms with Crippen LogP contribution in [0.3, 0.4) is 0 Å². The van der Waals surface area contributed by atoms with Gasteiger partial charge in [-0.1, -0.05) is 19.1 Å². The van der Waals surface area contributed by atoms with E-state index in [0.29, 0.717) is 55.7 Å². The zero-order chi connectivity index (χ0) is 24.2. The molecule has 8 heteroatoms. The van der Waals surface area contributed by atoms with Gasteiger partial charge in [0.25, 0.3) is 11.7 Å². The summed E-state index contributed by atoms with van der Waals surface area (Å²) < 4.78 is 16.9. The number of likely N-dealkylation sites (N-methyl/N-ethyl adjacent to an activating group) is 1. The Hall–Kier alpha value is -3.52. The van der Waals surface area contributed by atoms with E-state index in [0.717, 1.165) is 12.0 Å². The molecule has 1 saturated heterocycles. The Kier molecular flexibility index (Phi) is 7.07. The van der Waals surface area contributed by atoms with Crippen LogP contribution in [0, 0.1) is 0 Å². The third-order valence-electron chi connectivity index (χ3n) is 5.81. The molecule has 0 saturated carbocycles. The molecule has 2 heterocycles. The highest BCUT2D eigenvalue weighted by Gasteiger charge is 2.46. The van der Waals surface area contributed by atoms with Crippen LogP contribution in [-0.2, 0) is 9.59 Å². The maximum Gasteiger partial charge on any atom is 0.295 e. The first kappa shape index (κ1) is 23.6. The molecule has 0 radical (unpaired) electrons. The monoisotopic (exact) mass is 466 g/mol. The van der Waals surface area contributed by atoms with Crippen molar-refractivity contribution in [3.05, 3.63) is 59.2 Å². The molecule has 1 amide bonds. The molecular weight excluding hydrogens is 436 g/mol. The van der Waals surface area contributed by atoms with Gasteiger partial charge in [0.05, 0.1) is 18.2 Å². The summed E-state index contributed by atoms with van der Waals surface area (Å²) in [7, 11) is 3.81. The van der Waals surface area contributed by atoms with Gasteiger partial charge in [0.15, 0.2) is 11.5 Å². The molecule has 1 fully saturated rings. The van der Waals surface area contributed by atoms with Gasteiger partial charge in [-0.25, -0.2) is 0 Å². The molecule has 0 unspecified atom stereocenters. The summed E-state index contributed by atoms with van der Waals surface area (Å²) in [6.45, 7) is 4.40. The Morgan fingerprint density at radius 1 is 1.09 bits per heavy atom. The third kappa shape index (κ3) is 4.72. The number of hydrogen-bond donors (Lipinski definition) is 1. The smallest absolute Gasteiger partial charge is 0.295 e. The van der Waals surface area contributed by atoms with Crippen LogP contribution >= 0.6 is 0 Å². The number of carbonyl (C=O) groups is 2. The summed E-state index contributed by atoms with van der Waals surface area (Å²) in [4.78, 5) is 29.6. The molecule has 0 aliphatic carbocycles. The number of aliphatic hydroxyl groups excluding tert-OH is 1. The van der Waals surface area contributed by atoms with Crippen molar-refractivity contribution in [2.24, 2.45) is 0 Å². The van der Waals surface area contributed by atoms with Crippen molar-refractivity contribution >= 4 is 17.4 Å². The van der Waals surface area contributed by atoms with Crippen LogP contribution in [0.25, 0.3) is 5.76 Å². The normalized spacial score (nSPS) is 19.1. The molecule has 0 bridgehead atoms. The van der Waals surface area contributed by atoms with E-state index in [-0.39, 0.29) is 11.3 Å². The highest BCUT2D eigenvalue weighted by atomic mass is 16.6. The second-order valence-electron chi connectivity index (χ2n) is 8.57. The summed E-state index contributed by atoms with van der Waals surface area (Å²) in [6, 6.07) is 11.6. The zero-order valence-electron chi connectivity index (χ0n) is 19.7. The van der Waals surface area contributed by atoms with E-state index in [9.17, 15) is 14.7 Å². The maximum atomic E-state index is 13.2. The molecule has 0 spiro atoms. The number of benzene rings is 2. The molecule has 0 aromatic heterocycles. The molecule has 2 aliphatic rings.